The number of aromatic nitrogens is 3. The molecule has 2 aromatic rings. The van der Waals surface area contributed by atoms with Crippen LogP contribution in [0.1, 0.15) is 24.3 Å². The summed E-state index contributed by atoms with van der Waals surface area (Å²) in [5.41, 5.74) is 1.35. The molecule has 0 atom stereocenters. The molecule has 1 aliphatic rings. The summed E-state index contributed by atoms with van der Waals surface area (Å²) in [4.78, 5) is 14.1. The van der Waals surface area contributed by atoms with E-state index in [1.807, 2.05) is 11.0 Å². The molecule has 6 heteroatoms. The predicted molar refractivity (Wildman–Crippen MR) is 82.7 cm³/mol. The third-order valence-corrected chi connectivity index (χ3v) is 4.68. The minimum atomic E-state index is 0.117. The molecule has 0 N–H and O–H groups in total. The second-order valence-electron chi connectivity index (χ2n) is 5.28. The highest BCUT2D eigenvalue weighted by atomic mass is 79.9. The van der Waals surface area contributed by atoms with Crippen molar-refractivity contribution in [3.8, 4) is 0 Å². The van der Waals surface area contributed by atoms with E-state index in [2.05, 4.69) is 44.4 Å². The van der Waals surface area contributed by atoms with Crippen molar-refractivity contribution in [1.82, 2.24) is 19.9 Å². The van der Waals surface area contributed by atoms with E-state index in [4.69, 9.17) is 0 Å². The fourth-order valence-electron chi connectivity index (χ4n) is 2.80. The fraction of sp³-hybridized carbons (Fsp3) is 0.400. The number of likely N-dealkylation sites (tertiary alicyclic amines) is 1. The highest BCUT2D eigenvalue weighted by Gasteiger charge is 2.24. The van der Waals surface area contributed by atoms with E-state index in [9.17, 15) is 4.79 Å². The number of halogens is 1. The van der Waals surface area contributed by atoms with E-state index in [-0.39, 0.29) is 12.5 Å². The molecule has 0 saturated carbocycles. The molecule has 0 spiro atoms. The Kier molecular flexibility index (Phi) is 4.34. The average Bonchev–Trinajstić information content (AvgIpc) is 3.01. The molecular formula is C15H17BrN4O. The van der Waals surface area contributed by atoms with Crippen LogP contribution in [0.2, 0.25) is 0 Å². The van der Waals surface area contributed by atoms with Crippen molar-refractivity contribution in [3.05, 3.63) is 46.7 Å². The minimum absolute atomic E-state index is 0.117. The number of hydrogen-bond donors (Lipinski definition) is 0. The van der Waals surface area contributed by atoms with Crippen molar-refractivity contribution in [2.24, 2.45) is 0 Å². The lowest BCUT2D eigenvalue weighted by molar-refractivity contribution is -0.133. The van der Waals surface area contributed by atoms with Gasteiger partial charge in [-0.3, -0.25) is 4.79 Å². The Labute approximate surface area is 132 Å². The fourth-order valence-corrected chi connectivity index (χ4v) is 3.41. The number of carbonyl (C=O) groups excluding carboxylic acids is 1. The Morgan fingerprint density at radius 1 is 1.29 bits per heavy atom. The summed E-state index contributed by atoms with van der Waals surface area (Å²) in [6.07, 6.45) is 5.32. The summed E-state index contributed by atoms with van der Waals surface area (Å²) < 4.78 is 2.74. The molecule has 21 heavy (non-hydrogen) atoms. The molecule has 0 radical (unpaired) electrons. The summed E-state index contributed by atoms with van der Waals surface area (Å²) in [6, 6.07) is 8.35. The van der Waals surface area contributed by atoms with Crippen LogP contribution < -0.4 is 0 Å². The summed E-state index contributed by atoms with van der Waals surface area (Å²) in [5.74, 6) is 0.641. The van der Waals surface area contributed by atoms with E-state index < -0.39 is 0 Å². The first kappa shape index (κ1) is 14.3. The van der Waals surface area contributed by atoms with Crippen LogP contribution >= 0.6 is 15.9 Å². The summed E-state index contributed by atoms with van der Waals surface area (Å²) in [5, 5.41) is 7.56. The molecule has 1 saturated heterocycles. The van der Waals surface area contributed by atoms with Crippen LogP contribution in [0.15, 0.2) is 41.1 Å². The molecule has 1 fully saturated rings. The maximum absolute atomic E-state index is 12.2. The lowest BCUT2D eigenvalue weighted by Crippen LogP contribution is -2.39. The lowest BCUT2D eigenvalue weighted by Gasteiger charge is -2.32. The lowest BCUT2D eigenvalue weighted by atomic mass is 9.89. The number of amides is 1. The van der Waals surface area contributed by atoms with Gasteiger partial charge in [0.1, 0.15) is 6.54 Å². The molecule has 3 rings (SSSR count). The minimum Gasteiger partial charge on any atom is -0.341 e. The number of carbonyl (C=O) groups is 1. The zero-order valence-electron chi connectivity index (χ0n) is 11.7. The van der Waals surface area contributed by atoms with Crippen LogP contribution in [-0.4, -0.2) is 38.9 Å². The Balaban J connectivity index is 1.58. The van der Waals surface area contributed by atoms with Crippen molar-refractivity contribution in [2.45, 2.75) is 25.3 Å². The molecule has 1 aromatic carbocycles. The second-order valence-corrected chi connectivity index (χ2v) is 6.13. The zero-order chi connectivity index (χ0) is 14.7. The zero-order valence-corrected chi connectivity index (χ0v) is 13.2. The van der Waals surface area contributed by atoms with Crippen molar-refractivity contribution < 1.29 is 4.79 Å². The Morgan fingerprint density at radius 2 is 2.05 bits per heavy atom. The molecule has 1 amide bonds. The monoisotopic (exact) mass is 348 g/mol. The molecule has 0 unspecified atom stereocenters. The van der Waals surface area contributed by atoms with Crippen molar-refractivity contribution >= 4 is 21.8 Å². The molecule has 1 aliphatic heterocycles. The van der Waals surface area contributed by atoms with Gasteiger partial charge in [0, 0.05) is 23.8 Å². The third kappa shape index (κ3) is 3.32. The SMILES string of the molecule is O=C(Cn1ccnn1)N1CCC(c2ccccc2Br)CC1. The predicted octanol–water partition coefficient (Wildman–Crippen LogP) is 2.45. The summed E-state index contributed by atoms with van der Waals surface area (Å²) in [6.45, 7) is 1.89. The van der Waals surface area contributed by atoms with Crippen LogP contribution in [0.4, 0.5) is 0 Å². The van der Waals surface area contributed by atoms with Crippen molar-refractivity contribution in [2.75, 3.05) is 13.1 Å². The normalized spacial score (nSPS) is 16.1. The maximum atomic E-state index is 12.2. The van der Waals surface area contributed by atoms with Gasteiger partial charge in [-0.1, -0.05) is 39.3 Å². The standard InChI is InChI=1S/C15H17BrN4O/c16-14-4-2-1-3-13(14)12-5-8-19(9-6-12)15(21)11-20-10-7-17-18-20/h1-4,7,10,12H,5-6,8-9,11H2. The van der Waals surface area contributed by atoms with Gasteiger partial charge in [-0.25, -0.2) is 4.68 Å². The first-order valence-electron chi connectivity index (χ1n) is 7.10. The summed E-state index contributed by atoms with van der Waals surface area (Å²) >= 11 is 3.62. The van der Waals surface area contributed by atoms with Gasteiger partial charge in [-0.05, 0) is 30.4 Å². The topological polar surface area (TPSA) is 51.0 Å². The van der Waals surface area contributed by atoms with Gasteiger partial charge in [-0.2, -0.15) is 0 Å². The van der Waals surface area contributed by atoms with E-state index in [1.54, 1.807) is 17.1 Å². The van der Waals surface area contributed by atoms with Gasteiger partial charge < -0.3 is 4.90 Å². The average molecular weight is 349 g/mol. The molecular weight excluding hydrogens is 332 g/mol. The first-order valence-corrected chi connectivity index (χ1v) is 7.89. The Hall–Kier alpha value is -1.69. The van der Waals surface area contributed by atoms with Gasteiger partial charge in [-0.15, -0.1) is 5.10 Å². The number of hydrogen-bond acceptors (Lipinski definition) is 3. The summed E-state index contributed by atoms with van der Waals surface area (Å²) in [7, 11) is 0. The van der Waals surface area contributed by atoms with E-state index >= 15 is 0 Å². The highest BCUT2D eigenvalue weighted by Crippen LogP contribution is 2.32. The van der Waals surface area contributed by atoms with Crippen molar-refractivity contribution in [1.29, 1.82) is 0 Å². The van der Waals surface area contributed by atoms with Crippen LogP contribution in [0.5, 0.6) is 0 Å². The molecule has 0 bridgehead atoms. The number of piperidine rings is 1. The van der Waals surface area contributed by atoms with Crippen LogP contribution in [0.3, 0.4) is 0 Å². The van der Waals surface area contributed by atoms with E-state index in [1.165, 1.54) is 5.56 Å². The van der Waals surface area contributed by atoms with Gasteiger partial charge in [0.15, 0.2) is 0 Å². The number of rotatable bonds is 3. The van der Waals surface area contributed by atoms with E-state index in [0.717, 1.165) is 30.4 Å². The second kappa shape index (κ2) is 6.39. The number of benzene rings is 1. The van der Waals surface area contributed by atoms with Crippen LogP contribution in [0.25, 0.3) is 0 Å². The molecule has 2 heterocycles. The smallest absolute Gasteiger partial charge is 0.244 e. The van der Waals surface area contributed by atoms with Gasteiger partial charge in [0.2, 0.25) is 5.91 Å². The third-order valence-electron chi connectivity index (χ3n) is 3.96. The van der Waals surface area contributed by atoms with E-state index in [0.29, 0.717) is 5.92 Å². The highest BCUT2D eigenvalue weighted by molar-refractivity contribution is 9.10. The van der Waals surface area contributed by atoms with Gasteiger partial charge >= 0.3 is 0 Å². The van der Waals surface area contributed by atoms with Gasteiger partial charge in [0.05, 0.1) is 6.20 Å². The van der Waals surface area contributed by atoms with Gasteiger partial charge in [0.25, 0.3) is 0 Å². The maximum Gasteiger partial charge on any atom is 0.244 e. The Bertz CT molecular complexity index is 606. The molecule has 110 valence electrons. The largest absolute Gasteiger partial charge is 0.341 e. The first-order chi connectivity index (χ1) is 10.2. The van der Waals surface area contributed by atoms with Crippen molar-refractivity contribution in [3.63, 3.8) is 0 Å². The molecule has 1 aromatic heterocycles. The van der Waals surface area contributed by atoms with Crippen LogP contribution in [0, 0.1) is 0 Å². The van der Waals surface area contributed by atoms with Crippen LogP contribution in [-0.2, 0) is 11.3 Å². The quantitative estimate of drug-likeness (QED) is 0.855. The molecule has 5 nitrogen and oxygen atoms in total. The number of nitrogens with zero attached hydrogens (tertiary/aromatic N) is 4. The Morgan fingerprint density at radius 3 is 2.71 bits per heavy atom. The molecule has 0 aliphatic carbocycles.